The van der Waals surface area contributed by atoms with E-state index in [0.29, 0.717) is 5.02 Å². The van der Waals surface area contributed by atoms with Gasteiger partial charge < -0.3 is 9.84 Å². The van der Waals surface area contributed by atoms with Crippen molar-refractivity contribution in [3.05, 3.63) is 63.7 Å². The van der Waals surface area contributed by atoms with Gasteiger partial charge in [0.25, 0.3) is 0 Å². The Balaban J connectivity index is 1.97. The van der Waals surface area contributed by atoms with Crippen molar-refractivity contribution in [2.75, 3.05) is 0 Å². The second-order valence-electron chi connectivity index (χ2n) is 5.38. The lowest BCUT2D eigenvalue weighted by atomic mass is 9.97. The summed E-state index contributed by atoms with van der Waals surface area (Å²) >= 11 is 6.29. The third-order valence-electron chi connectivity index (χ3n) is 3.75. The van der Waals surface area contributed by atoms with E-state index in [-0.39, 0.29) is 6.10 Å². The molecule has 0 fully saturated rings. The summed E-state index contributed by atoms with van der Waals surface area (Å²) in [5.74, 6) is 0.920. The van der Waals surface area contributed by atoms with Crippen LogP contribution in [-0.2, 0) is 6.42 Å². The average Bonchev–Trinajstić information content (AvgIpc) is 2.80. The van der Waals surface area contributed by atoms with Gasteiger partial charge in [0.2, 0.25) is 0 Å². The number of benzene rings is 2. The molecule has 1 N–H and O–H groups in total. The third-order valence-corrected chi connectivity index (χ3v) is 4.27. The van der Waals surface area contributed by atoms with E-state index >= 15 is 0 Å². The summed E-state index contributed by atoms with van der Waals surface area (Å²) in [6.07, 6.45) is 0.390. The monoisotopic (exact) mass is 288 g/mol. The normalized spacial score (nSPS) is 18.5. The number of aryl methyl sites for hydroxylation is 1. The first-order valence-corrected chi connectivity index (χ1v) is 7.16. The highest BCUT2D eigenvalue weighted by Gasteiger charge is 2.22. The van der Waals surface area contributed by atoms with E-state index in [1.165, 1.54) is 0 Å². The summed E-state index contributed by atoms with van der Waals surface area (Å²) in [6, 6.07) is 11.6. The lowest BCUT2D eigenvalue weighted by Crippen LogP contribution is -2.05. The Morgan fingerprint density at radius 3 is 2.90 bits per heavy atom. The van der Waals surface area contributed by atoms with Gasteiger partial charge in [-0.3, -0.25) is 0 Å². The maximum absolute atomic E-state index is 10.6. The second-order valence-corrected chi connectivity index (χ2v) is 5.76. The van der Waals surface area contributed by atoms with Gasteiger partial charge in [-0.25, -0.2) is 0 Å². The Morgan fingerprint density at radius 2 is 2.10 bits per heavy atom. The fraction of sp³-hybridized carbons (Fsp3) is 0.294. The van der Waals surface area contributed by atoms with Crippen molar-refractivity contribution in [1.82, 2.24) is 0 Å². The van der Waals surface area contributed by atoms with E-state index in [4.69, 9.17) is 16.3 Å². The van der Waals surface area contributed by atoms with Crippen molar-refractivity contribution < 1.29 is 9.84 Å². The lowest BCUT2D eigenvalue weighted by molar-refractivity contribution is 0.220. The third kappa shape index (κ3) is 2.30. The standard InChI is InChI=1S/C17H17ClO2/c1-10-4-3-5-14(16(10)18)17(19)12-6-7-15-13(9-12)8-11(2)20-15/h3-7,9,11,17,19H,8H2,1-2H3. The quantitative estimate of drug-likeness (QED) is 0.903. The van der Waals surface area contributed by atoms with Crippen LogP contribution in [0.4, 0.5) is 0 Å². The van der Waals surface area contributed by atoms with Crippen LogP contribution < -0.4 is 4.74 Å². The van der Waals surface area contributed by atoms with Crippen LogP contribution in [0.5, 0.6) is 5.75 Å². The fourth-order valence-corrected chi connectivity index (χ4v) is 2.90. The number of fused-ring (bicyclic) bond motifs is 1. The molecule has 0 saturated heterocycles. The number of halogens is 1. The maximum Gasteiger partial charge on any atom is 0.123 e. The first kappa shape index (κ1) is 13.5. The van der Waals surface area contributed by atoms with Crippen LogP contribution in [0.1, 0.15) is 35.3 Å². The molecule has 0 radical (unpaired) electrons. The Bertz CT molecular complexity index is 651. The Kier molecular flexibility index (Phi) is 3.45. The van der Waals surface area contributed by atoms with Crippen molar-refractivity contribution in [2.24, 2.45) is 0 Å². The van der Waals surface area contributed by atoms with Crippen LogP contribution in [0.2, 0.25) is 5.02 Å². The molecule has 3 heteroatoms. The molecular weight excluding hydrogens is 272 g/mol. The van der Waals surface area contributed by atoms with Crippen LogP contribution in [0.3, 0.4) is 0 Å². The Labute approximate surface area is 124 Å². The van der Waals surface area contributed by atoms with Gasteiger partial charge >= 0.3 is 0 Å². The number of hydrogen-bond acceptors (Lipinski definition) is 2. The summed E-state index contributed by atoms with van der Waals surface area (Å²) in [6.45, 7) is 3.99. The smallest absolute Gasteiger partial charge is 0.123 e. The molecule has 0 bridgehead atoms. The van der Waals surface area contributed by atoms with Crippen molar-refractivity contribution in [1.29, 1.82) is 0 Å². The molecule has 1 aliphatic heterocycles. The first-order chi connectivity index (χ1) is 9.56. The second kappa shape index (κ2) is 5.12. The largest absolute Gasteiger partial charge is 0.490 e. The van der Waals surface area contributed by atoms with Gasteiger partial charge in [0.15, 0.2) is 0 Å². The van der Waals surface area contributed by atoms with Crippen molar-refractivity contribution in [2.45, 2.75) is 32.5 Å². The molecule has 0 amide bonds. The number of aliphatic hydroxyl groups excluding tert-OH is 1. The minimum absolute atomic E-state index is 0.208. The zero-order valence-electron chi connectivity index (χ0n) is 11.6. The van der Waals surface area contributed by atoms with E-state index in [0.717, 1.165) is 34.4 Å². The highest BCUT2D eigenvalue weighted by molar-refractivity contribution is 6.32. The zero-order chi connectivity index (χ0) is 14.3. The average molecular weight is 289 g/mol. The molecule has 2 unspecified atom stereocenters. The van der Waals surface area contributed by atoms with Gasteiger partial charge in [0.1, 0.15) is 18.0 Å². The molecule has 0 spiro atoms. The molecule has 1 aliphatic rings. The van der Waals surface area contributed by atoms with Gasteiger partial charge in [-0.1, -0.05) is 35.9 Å². The molecule has 1 heterocycles. The van der Waals surface area contributed by atoms with Crippen molar-refractivity contribution in [3.8, 4) is 5.75 Å². The van der Waals surface area contributed by atoms with Gasteiger partial charge in [-0.15, -0.1) is 0 Å². The maximum atomic E-state index is 10.6. The SMILES string of the molecule is Cc1cccc(C(O)c2ccc3c(c2)CC(C)O3)c1Cl. The number of aliphatic hydroxyl groups is 1. The van der Waals surface area contributed by atoms with Crippen LogP contribution in [0, 0.1) is 6.92 Å². The van der Waals surface area contributed by atoms with Crippen molar-refractivity contribution >= 4 is 11.6 Å². The van der Waals surface area contributed by atoms with Crippen LogP contribution in [-0.4, -0.2) is 11.2 Å². The van der Waals surface area contributed by atoms with E-state index in [1.807, 2.05) is 50.2 Å². The molecule has 2 atom stereocenters. The molecule has 2 nitrogen and oxygen atoms in total. The highest BCUT2D eigenvalue weighted by atomic mass is 35.5. The summed E-state index contributed by atoms with van der Waals surface area (Å²) in [5.41, 5.74) is 3.73. The predicted molar refractivity (Wildman–Crippen MR) is 80.5 cm³/mol. The van der Waals surface area contributed by atoms with Gasteiger partial charge in [0, 0.05) is 17.0 Å². The Morgan fingerprint density at radius 1 is 1.30 bits per heavy atom. The molecule has 0 aromatic heterocycles. The van der Waals surface area contributed by atoms with Crippen LogP contribution in [0.25, 0.3) is 0 Å². The molecule has 0 saturated carbocycles. The summed E-state index contributed by atoms with van der Waals surface area (Å²) in [5, 5.41) is 11.2. The summed E-state index contributed by atoms with van der Waals surface area (Å²) in [7, 11) is 0. The van der Waals surface area contributed by atoms with Crippen molar-refractivity contribution in [3.63, 3.8) is 0 Å². The minimum atomic E-state index is -0.705. The summed E-state index contributed by atoms with van der Waals surface area (Å²) < 4.78 is 5.68. The molecule has 20 heavy (non-hydrogen) atoms. The molecule has 3 rings (SSSR count). The van der Waals surface area contributed by atoms with Gasteiger partial charge in [-0.05, 0) is 42.7 Å². The zero-order valence-corrected chi connectivity index (χ0v) is 12.3. The highest BCUT2D eigenvalue weighted by Crippen LogP contribution is 2.35. The number of ether oxygens (including phenoxy) is 1. The Hall–Kier alpha value is -1.51. The van der Waals surface area contributed by atoms with E-state index in [2.05, 4.69) is 0 Å². The summed E-state index contributed by atoms with van der Waals surface area (Å²) in [4.78, 5) is 0. The topological polar surface area (TPSA) is 29.5 Å². The molecular formula is C17H17ClO2. The minimum Gasteiger partial charge on any atom is -0.490 e. The van der Waals surface area contributed by atoms with Gasteiger partial charge in [-0.2, -0.15) is 0 Å². The van der Waals surface area contributed by atoms with E-state index < -0.39 is 6.10 Å². The van der Waals surface area contributed by atoms with Gasteiger partial charge in [0.05, 0.1) is 0 Å². The number of rotatable bonds is 2. The number of hydrogen-bond donors (Lipinski definition) is 1. The van der Waals surface area contributed by atoms with Crippen LogP contribution >= 0.6 is 11.6 Å². The molecule has 2 aromatic rings. The molecule has 0 aliphatic carbocycles. The first-order valence-electron chi connectivity index (χ1n) is 6.79. The molecule has 104 valence electrons. The molecule has 2 aromatic carbocycles. The van der Waals surface area contributed by atoms with E-state index in [9.17, 15) is 5.11 Å². The lowest BCUT2D eigenvalue weighted by Gasteiger charge is -2.15. The van der Waals surface area contributed by atoms with E-state index in [1.54, 1.807) is 0 Å². The van der Waals surface area contributed by atoms with Crippen LogP contribution in [0.15, 0.2) is 36.4 Å². The fourth-order valence-electron chi connectivity index (χ4n) is 2.67. The predicted octanol–water partition coefficient (Wildman–Crippen LogP) is 4.05.